The second-order valence-electron chi connectivity index (χ2n) is 6.26. The van der Waals surface area contributed by atoms with Crippen LogP contribution in [0.25, 0.3) is 0 Å². The molecule has 2 aromatic rings. The Kier molecular flexibility index (Phi) is 6.40. The third kappa shape index (κ3) is 4.48. The Morgan fingerprint density at radius 3 is 2.32 bits per heavy atom. The fraction of sp³-hybridized carbons (Fsp3) is 0.316. The summed E-state index contributed by atoms with van der Waals surface area (Å²) in [6.07, 6.45) is 2.41. The summed E-state index contributed by atoms with van der Waals surface area (Å²) in [6, 6.07) is 7.03. The smallest absolute Gasteiger partial charge is 0.274 e. The molecule has 0 aliphatic rings. The largest absolute Gasteiger partial charge is 0.339 e. The maximum atomic E-state index is 12.7. The van der Waals surface area contributed by atoms with E-state index in [1.165, 1.54) is 48.1 Å². The van der Waals surface area contributed by atoms with Gasteiger partial charge < -0.3 is 14.8 Å². The van der Waals surface area contributed by atoms with Crippen molar-refractivity contribution in [1.29, 1.82) is 0 Å². The highest BCUT2D eigenvalue weighted by Gasteiger charge is 2.21. The lowest BCUT2D eigenvalue weighted by Gasteiger charge is -2.19. The number of pyridine rings is 1. The quantitative estimate of drug-likeness (QED) is 0.784. The Balaban J connectivity index is 2.46. The van der Waals surface area contributed by atoms with E-state index >= 15 is 0 Å². The summed E-state index contributed by atoms with van der Waals surface area (Å²) in [4.78, 5) is 39.1. The Bertz CT molecular complexity index is 1070. The van der Waals surface area contributed by atoms with Gasteiger partial charge in [0, 0.05) is 32.6 Å². The van der Waals surface area contributed by atoms with Crippen LogP contribution in [0.4, 0.5) is 5.69 Å². The van der Waals surface area contributed by atoms with E-state index in [9.17, 15) is 22.8 Å². The molecule has 1 aromatic heterocycles. The van der Waals surface area contributed by atoms with E-state index < -0.39 is 21.3 Å². The standard InChI is InChI=1S/C19H23N3O5S/c1-5-22(6-2)18(24)13-11-15(19(25)21(3)12-13)20-17(23)14-9-7-8-10-16(14)28(4,26)27/h7-12H,5-6H2,1-4H3,(H,20,23). The number of rotatable bonds is 6. The molecule has 1 aromatic carbocycles. The van der Waals surface area contributed by atoms with Gasteiger partial charge in [-0.3, -0.25) is 14.4 Å². The van der Waals surface area contributed by atoms with Crippen LogP contribution in [0.5, 0.6) is 0 Å². The molecule has 0 saturated heterocycles. The molecule has 0 aliphatic carbocycles. The molecule has 0 unspecified atom stereocenters. The molecule has 1 N–H and O–H groups in total. The van der Waals surface area contributed by atoms with Gasteiger partial charge in [0.1, 0.15) is 5.69 Å². The van der Waals surface area contributed by atoms with E-state index in [1.807, 2.05) is 13.8 Å². The van der Waals surface area contributed by atoms with Crippen molar-refractivity contribution in [1.82, 2.24) is 9.47 Å². The van der Waals surface area contributed by atoms with Crippen molar-refractivity contribution in [3.05, 3.63) is 58.0 Å². The zero-order valence-electron chi connectivity index (χ0n) is 16.2. The number of nitrogens with zero attached hydrogens (tertiary/aromatic N) is 2. The van der Waals surface area contributed by atoms with Gasteiger partial charge in [-0.05, 0) is 32.0 Å². The first-order valence-corrected chi connectivity index (χ1v) is 10.6. The Morgan fingerprint density at radius 2 is 1.75 bits per heavy atom. The number of anilines is 1. The number of aryl methyl sites for hydroxylation is 1. The van der Waals surface area contributed by atoms with E-state index in [1.54, 1.807) is 4.90 Å². The van der Waals surface area contributed by atoms with Crippen LogP contribution in [0.3, 0.4) is 0 Å². The number of benzene rings is 1. The Hall–Kier alpha value is -2.94. The average molecular weight is 405 g/mol. The van der Waals surface area contributed by atoms with Gasteiger partial charge in [0.25, 0.3) is 17.4 Å². The van der Waals surface area contributed by atoms with Gasteiger partial charge in [0.15, 0.2) is 9.84 Å². The third-order valence-corrected chi connectivity index (χ3v) is 5.42. The van der Waals surface area contributed by atoms with Crippen LogP contribution in [-0.2, 0) is 16.9 Å². The first-order valence-electron chi connectivity index (χ1n) is 8.70. The van der Waals surface area contributed by atoms with Crippen molar-refractivity contribution in [2.75, 3.05) is 24.7 Å². The van der Waals surface area contributed by atoms with Crippen molar-refractivity contribution in [2.45, 2.75) is 18.7 Å². The van der Waals surface area contributed by atoms with Crippen molar-refractivity contribution in [3.8, 4) is 0 Å². The van der Waals surface area contributed by atoms with Crippen molar-refractivity contribution < 1.29 is 18.0 Å². The molecule has 28 heavy (non-hydrogen) atoms. The Morgan fingerprint density at radius 1 is 1.14 bits per heavy atom. The van der Waals surface area contributed by atoms with E-state index in [0.29, 0.717) is 13.1 Å². The molecule has 8 nitrogen and oxygen atoms in total. The van der Waals surface area contributed by atoms with E-state index in [2.05, 4.69) is 5.32 Å². The number of carbonyl (C=O) groups excluding carboxylic acids is 2. The second-order valence-corrected chi connectivity index (χ2v) is 8.24. The van der Waals surface area contributed by atoms with Gasteiger partial charge >= 0.3 is 0 Å². The molecule has 150 valence electrons. The monoisotopic (exact) mass is 405 g/mol. The van der Waals surface area contributed by atoms with E-state index in [4.69, 9.17) is 0 Å². The number of carbonyl (C=O) groups is 2. The minimum atomic E-state index is -3.63. The fourth-order valence-electron chi connectivity index (χ4n) is 2.78. The van der Waals surface area contributed by atoms with Gasteiger partial charge in [-0.1, -0.05) is 12.1 Å². The van der Waals surface area contributed by atoms with Gasteiger partial charge in [-0.25, -0.2) is 8.42 Å². The molecule has 0 saturated carbocycles. The lowest BCUT2D eigenvalue weighted by molar-refractivity contribution is 0.0771. The summed E-state index contributed by atoms with van der Waals surface area (Å²) in [6.45, 7) is 4.69. The molecule has 0 aliphatic heterocycles. The molecule has 2 amide bonds. The summed E-state index contributed by atoms with van der Waals surface area (Å²) in [5.74, 6) is -1.02. The number of hydrogen-bond acceptors (Lipinski definition) is 5. The molecule has 0 spiro atoms. The van der Waals surface area contributed by atoms with Crippen molar-refractivity contribution >= 4 is 27.3 Å². The SMILES string of the molecule is CCN(CC)C(=O)c1cc(NC(=O)c2ccccc2S(C)(=O)=O)c(=O)n(C)c1. The highest BCUT2D eigenvalue weighted by molar-refractivity contribution is 7.90. The summed E-state index contributed by atoms with van der Waals surface area (Å²) in [7, 11) is -2.16. The highest BCUT2D eigenvalue weighted by atomic mass is 32.2. The molecule has 1 heterocycles. The van der Waals surface area contributed by atoms with Crippen LogP contribution in [0, 0.1) is 0 Å². The van der Waals surface area contributed by atoms with Crippen molar-refractivity contribution in [2.24, 2.45) is 7.05 Å². The summed E-state index contributed by atoms with van der Waals surface area (Å²) >= 11 is 0. The van der Waals surface area contributed by atoms with Gasteiger partial charge in [0.05, 0.1) is 16.0 Å². The average Bonchev–Trinajstić information content (AvgIpc) is 2.65. The maximum absolute atomic E-state index is 12.7. The van der Waals surface area contributed by atoms with Crippen LogP contribution in [0.2, 0.25) is 0 Å². The lowest BCUT2D eigenvalue weighted by atomic mass is 10.2. The molecule has 0 atom stereocenters. The topological polar surface area (TPSA) is 106 Å². The Labute approximate surface area is 163 Å². The lowest BCUT2D eigenvalue weighted by Crippen LogP contribution is -2.32. The van der Waals surface area contributed by atoms with Gasteiger partial charge in [-0.2, -0.15) is 0 Å². The number of amides is 2. The number of hydrogen-bond donors (Lipinski definition) is 1. The molecular formula is C19H23N3O5S. The summed E-state index contributed by atoms with van der Waals surface area (Å²) in [5, 5.41) is 2.44. The minimum absolute atomic E-state index is 0.0764. The summed E-state index contributed by atoms with van der Waals surface area (Å²) in [5.41, 5.74) is -0.444. The molecular weight excluding hydrogens is 382 g/mol. The molecule has 0 radical (unpaired) electrons. The third-order valence-electron chi connectivity index (χ3n) is 4.26. The highest BCUT2D eigenvalue weighted by Crippen LogP contribution is 2.17. The normalized spacial score (nSPS) is 11.1. The molecule has 9 heteroatoms. The van der Waals surface area contributed by atoms with Crippen LogP contribution >= 0.6 is 0 Å². The number of aromatic nitrogens is 1. The summed E-state index contributed by atoms with van der Waals surface area (Å²) < 4.78 is 25.0. The maximum Gasteiger partial charge on any atom is 0.274 e. The van der Waals surface area contributed by atoms with Crippen LogP contribution in [0.1, 0.15) is 34.6 Å². The van der Waals surface area contributed by atoms with Crippen LogP contribution in [-0.4, -0.2) is 49.0 Å². The van der Waals surface area contributed by atoms with Gasteiger partial charge in [0.2, 0.25) is 0 Å². The fourth-order valence-corrected chi connectivity index (χ4v) is 3.66. The predicted molar refractivity (Wildman–Crippen MR) is 106 cm³/mol. The van der Waals surface area contributed by atoms with Crippen molar-refractivity contribution in [3.63, 3.8) is 0 Å². The minimum Gasteiger partial charge on any atom is -0.339 e. The zero-order chi connectivity index (χ0) is 21.1. The number of nitrogens with one attached hydrogen (secondary N) is 1. The van der Waals surface area contributed by atoms with Crippen LogP contribution < -0.4 is 10.9 Å². The van der Waals surface area contributed by atoms with Gasteiger partial charge in [-0.15, -0.1) is 0 Å². The predicted octanol–water partition coefficient (Wildman–Crippen LogP) is 1.52. The zero-order valence-corrected chi connectivity index (χ0v) is 17.0. The number of sulfone groups is 1. The first kappa shape index (κ1) is 21.4. The molecule has 0 fully saturated rings. The second kappa shape index (κ2) is 8.39. The van der Waals surface area contributed by atoms with E-state index in [0.717, 1.165) is 6.26 Å². The molecule has 2 rings (SSSR count). The van der Waals surface area contributed by atoms with Crippen LogP contribution in [0.15, 0.2) is 46.2 Å². The first-order chi connectivity index (χ1) is 13.1. The van der Waals surface area contributed by atoms with E-state index in [-0.39, 0.29) is 27.6 Å². The molecule has 0 bridgehead atoms.